The summed E-state index contributed by atoms with van der Waals surface area (Å²) in [5.74, 6) is -0.384. The minimum absolute atomic E-state index is 0.0456. The van der Waals surface area contributed by atoms with Crippen LogP contribution in [-0.4, -0.2) is 66.3 Å². The fourth-order valence-corrected chi connectivity index (χ4v) is 6.48. The first-order valence-corrected chi connectivity index (χ1v) is 22.3. The summed E-state index contributed by atoms with van der Waals surface area (Å²) in [5, 5.41) is 18.3. The van der Waals surface area contributed by atoms with Gasteiger partial charge in [0.2, 0.25) is 0 Å². The van der Waals surface area contributed by atoms with Gasteiger partial charge in [0.15, 0.2) is 0 Å². The molecule has 0 aromatic rings. The highest BCUT2D eigenvalue weighted by atomic mass is 31.2. The van der Waals surface area contributed by atoms with Crippen LogP contribution in [0.2, 0.25) is 0 Å². The van der Waals surface area contributed by atoms with Gasteiger partial charge in [-0.15, -0.1) is 0 Å². The maximum absolute atomic E-state index is 12.6. The molecule has 0 saturated heterocycles. The SMILES string of the molecule is CCC/C=C\C/C=C\CCCCCCCCOCC(COP(=O)(O)OCC(O)CO)OC(=O)CCCCCCCCCCCCCCCCCC. The van der Waals surface area contributed by atoms with Crippen molar-refractivity contribution in [3.05, 3.63) is 24.3 Å². The van der Waals surface area contributed by atoms with E-state index in [1.54, 1.807) is 0 Å². The van der Waals surface area contributed by atoms with Crippen molar-refractivity contribution in [1.82, 2.24) is 0 Å². The maximum Gasteiger partial charge on any atom is 0.472 e. The lowest BCUT2D eigenvalue weighted by molar-refractivity contribution is -0.154. The van der Waals surface area contributed by atoms with Crippen molar-refractivity contribution in [3.8, 4) is 0 Å². The third-order valence-corrected chi connectivity index (χ3v) is 9.82. The van der Waals surface area contributed by atoms with Gasteiger partial charge in [-0.1, -0.05) is 167 Å². The first-order chi connectivity index (χ1) is 24.8. The monoisotopic (exact) mass is 747 g/mol. The second kappa shape index (κ2) is 38.7. The smallest absolute Gasteiger partial charge is 0.457 e. The zero-order valence-electron chi connectivity index (χ0n) is 32.8. The summed E-state index contributed by atoms with van der Waals surface area (Å²) in [4.78, 5) is 22.5. The van der Waals surface area contributed by atoms with Crippen molar-refractivity contribution < 1.29 is 43.0 Å². The fraction of sp³-hybridized carbons (Fsp3) is 0.878. The minimum Gasteiger partial charge on any atom is -0.457 e. The normalized spacial score (nSPS) is 14.4. The summed E-state index contributed by atoms with van der Waals surface area (Å²) in [7, 11) is -4.51. The Balaban J connectivity index is 4.18. The van der Waals surface area contributed by atoms with Gasteiger partial charge in [0.05, 0.1) is 26.4 Å². The molecule has 0 aromatic heterocycles. The molecule has 0 amide bonds. The van der Waals surface area contributed by atoms with Crippen molar-refractivity contribution in [2.75, 3.05) is 33.0 Å². The number of carbonyl (C=O) groups is 1. The molecule has 0 heterocycles. The van der Waals surface area contributed by atoms with Crippen molar-refractivity contribution >= 4 is 13.8 Å². The molecule has 0 aliphatic carbocycles. The van der Waals surface area contributed by atoms with Gasteiger partial charge >= 0.3 is 13.8 Å². The van der Waals surface area contributed by atoms with Crippen molar-refractivity contribution in [1.29, 1.82) is 0 Å². The van der Waals surface area contributed by atoms with Gasteiger partial charge in [-0.25, -0.2) is 4.57 Å². The van der Waals surface area contributed by atoms with Gasteiger partial charge in [-0.2, -0.15) is 0 Å². The van der Waals surface area contributed by atoms with Crippen molar-refractivity contribution in [3.63, 3.8) is 0 Å². The number of esters is 1. The lowest BCUT2D eigenvalue weighted by Crippen LogP contribution is -2.29. The quantitative estimate of drug-likeness (QED) is 0.0242. The molecule has 3 N–H and O–H groups in total. The molecule has 0 aliphatic heterocycles. The Morgan fingerprint density at radius 2 is 1.10 bits per heavy atom. The van der Waals surface area contributed by atoms with E-state index in [1.165, 1.54) is 109 Å². The lowest BCUT2D eigenvalue weighted by Gasteiger charge is -2.20. The van der Waals surface area contributed by atoms with Gasteiger partial charge in [-0.3, -0.25) is 13.8 Å². The van der Waals surface area contributed by atoms with Crippen LogP contribution in [0.1, 0.15) is 187 Å². The van der Waals surface area contributed by atoms with Crippen LogP contribution in [0.4, 0.5) is 0 Å². The zero-order valence-corrected chi connectivity index (χ0v) is 33.7. The van der Waals surface area contributed by atoms with Crippen LogP contribution < -0.4 is 0 Å². The molecule has 302 valence electrons. The summed E-state index contributed by atoms with van der Waals surface area (Å²) in [6.07, 6.45) is 38.4. The first-order valence-electron chi connectivity index (χ1n) is 20.8. The number of hydrogen-bond acceptors (Lipinski definition) is 8. The van der Waals surface area contributed by atoms with Crippen LogP contribution >= 0.6 is 7.82 Å². The number of carbonyl (C=O) groups excluding carboxylic acids is 1. The van der Waals surface area contributed by atoms with Gasteiger partial charge < -0.3 is 24.6 Å². The highest BCUT2D eigenvalue weighted by Gasteiger charge is 2.26. The predicted molar refractivity (Wildman–Crippen MR) is 210 cm³/mol. The van der Waals surface area contributed by atoms with E-state index in [2.05, 4.69) is 38.2 Å². The molecule has 0 spiro atoms. The Labute approximate surface area is 313 Å². The largest absolute Gasteiger partial charge is 0.472 e. The molecule has 51 heavy (non-hydrogen) atoms. The van der Waals surface area contributed by atoms with Gasteiger partial charge in [0.1, 0.15) is 12.2 Å². The number of hydrogen-bond donors (Lipinski definition) is 3. The number of rotatable bonds is 40. The number of aliphatic hydroxyl groups is 2. The second-order valence-corrected chi connectivity index (χ2v) is 15.5. The van der Waals surface area contributed by atoms with Crippen LogP contribution in [-0.2, 0) is 27.9 Å². The van der Waals surface area contributed by atoms with Gasteiger partial charge in [-0.05, 0) is 38.5 Å². The zero-order chi connectivity index (χ0) is 37.5. The van der Waals surface area contributed by atoms with Crippen LogP contribution in [0.25, 0.3) is 0 Å². The van der Waals surface area contributed by atoms with Gasteiger partial charge in [0, 0.05) is 13.0 Å². The molecule has 0 rings (SSSR count). The second-order valence-electron chi connectivity index (χ2n) is 14.0. The Kier molecular flexibility index (Phi) is 37.9. The highest BCUT2D eigenvalue weighted by molar-refractivity contribution is 7.47. The fourth-order valence-electron chi connectivity index (χ4n) is 5.69. The standard InChI is InChI=1S/C41H79O9P/c1-3-5-7-9-11-13-15-17-19-20-21-23-25-27-29-31-33-41(44)50-40(38-49-51(45,46)48-36-39(43)35-42)37-47-34-32-30-28-26-24-22-18-16-14-12-10-8-6-4-2/h8,10,14,16,39-40,42-43H,3-7,9,11-13,15,17-38H2,1-2H3,(H,45,46)/b10-8-,16-14-. The summed E-state index contributed by atoms with van der Waals surface area (Å²) in [6, 6.07) is 0. The van der Waals surface area contributed by atoms with Gasteiger partial charge in [0.25, 0.3) is 0 Å². The number of allylic oxidation sites excluding steroid dienone is 4. The third-order valence-electron chi connectivity index (χ3n) is 8.87. The van der Waals surface area contributed by atoms with Crippen LogP contribution in [0.15, 0.2) is 24.3 Å². The molecule has 10 heteroatoms. The summed E-state index contributed by atoms with van der Waals surface area (Å²) in [5.41, 5.74) is 0. The molecule has 9 nitrogen and oxygen atoms in total. The maximum atomic E-state index is 12.6. The van der Waals surface area contributed by atoms with E-state index in [0.29, 0.717) is 6.61 Å². The Morgan fingerprint density at radius 1 is 0.608 bits per heavy atom. The minimum atomic E-state index is -4.51. The average Bonchev–Trinajstić information content (AvgIpc) is 3.12. The van der Waals surface area contributed by atoms with Crippen LogP contribution in [0.3, 0.4) is 0 Å². The Bertz CT molecular complexity index is 851. The van der Waals surface area contributed by atoms with Crippen LogP contribution in [0.5, 0.6) is 0 Å². The number of phosphoric ester groups is 1. The van der Waals surface area contributed by atoms with Crippen molar-refractivity contribution in [2.24, 2.45) is 0 Å². The number of phosphoric acid groups is 1. The number of ether oxygens (including phenoxy) is 2. The molecular formula is C41H79O9P. The third kappa shape index (κ3) is 38.5. The highest BCUT2D eigenvalue weighted by Crippen LogP contribution is 2.43. The predicted octanol–water partition coefficient (Wildman–Crippen LogP) is 11.1. The van der Waals surface area contributed by atoms with E-state index in [-0.39, 0.29) is 25.6 Å². The summed E-state index contributed by atoms with van der Waals surface area (Å²) >= 11 is 0. The molecule has 3 unspecified atom stereocenters. The number of aliphatic hydroxyl groups excluding tert-OH is 2. The van der Waals surface area contributed by atoms with E-state index >= 15 is 0 Å². The molecule has 0 aromatic carbocycles. The molecule has 0 bridgehead atoms. The molecule has 0 radical (unpaired) electrons. The summed E-state index contributed by atoms with van der Waals surface area (Å²) < 4.78 is 33.3. The van der Waals surface area contributed by atoms with Crippen molar-refractivity contribution in [2.45, 2.75) is 199 Å². The molecule has 0 fully saturated rings. The molecular weight excluding hydrogens is 667 g/mol. The Morgan fingerprint density at radius 3 is 1.65 bits per heavy atom. The molecule has 3 atom stereocenters. The lowest BCUT2D eigenvalue weighted by atomic mass is 10.0. The van der Waals surface area contributed by atoms with E-state index < -0.39 is 33.2 Å². The van der Waals surface area contributed by atoms with E-state index in [1.807, 2.05) is 0 Å². The van der Waals surface area contributed by atoms with E-state index in [0.717, 1.165) is 57.8 Å². The molecule has 0 aliphatic rings. The summed E-state index contributed by atoms with van der Waals surface area (Å²) in [6.45, 7) is 3.45. The van der Waals surface area contributed by atoms with Crippen LogP contribution in [0, 0.1) is 0 Å². The van der Waals surface area contributed by atoms with E-state index in [4.69, 9.17) is 23.6 Å². The average molecular weight is 747 g/mol. The molecule has 0 saturated carbocycles. The number of unbranched alkanes of at least 4 members (excludes halogenated alkanes) is 22. The first kappa shape index (κ1) is 49.9. The van der Waals surface area contributed by atoms with E-state index in [9.17, 15) is 19.4 Å². The topological polar surface area (TPSA) is 132 Å². The Hall–Kier alpha value is -1.06.